The molecule has 0 aromatic carbocycles. The molecule has 82 valence electrons. The Hall–Kier alpha value is -0.180. The van der Waals surface area contributed by atoms with Crippen molar-refractivity contribution in [1.82, 2.24) is 0 Å². The summed E-state index contributed by atoms with van der Waals surface area (Å²) in [4.78, 5) is 0. The van der Waals surface area contributed by atoms with Gasteiger partial charge in [-0.25, -0.2) is 8.78 Å². The van der Waals surface area contributed by atoms with E-state index < -0.39 is 5.92 Å². The van der Waals surface area contributed by atoms with Gasteiger partial charge in [0.25, 0.3) is 0 Å². The molecule has 2 unspecified atom stereocenters. The van der Waals surface area contributed by atoms with Gasteiger partial charge in [-0.15, -0.1) is 0 Å². The smallest absolute Gasteiger partial charge is 0.248 e. The first-order chi connectivity index (χ1) is 6.58. The largest absolute Gasteiger partial charge is 0.327 e. The Labute approximate surface area is 84.0 Å². The van der Waals surface area contributed by atoms with Crippen LogP contribution in [-0.4, -0.2) is 12.0 Å². The van der Waals surface area contributed by atoms with Crippen LogP contribution in [0.3, 0.4) is 0 Å². The van der Waals surface area contributed by atoms with E-state index in [2.05, 4.69) is 0 Å². The normalized spacial score (nSPS) is 34.9. The summed E-state index contributed by atoms with van der Waals surface area (Å²) in [6, 6.07) is 0.0332. The van der Waals surface area contributed by atoms with Crippen LogP contribution >= 0.6 is 0 Å². The lowest BCUT2D eigenvalue weighted by Crippen LogP contribution is -2.35. The van der Waals surface area contributed by atoms with Gasteiger partial charge in [-0.3, -0.25) is 0 Å². The third-order valence-corrected chi connectivity index (χ3v) is 3.93. The summed E-state index contributed by atoms with van der Waals surface area (Å²) in [6.45, 7) is 0. The van der Waals surface area contributed by atoms with Crippen molar-refractivity contribution < 1.29 is 8.78 Å². The molecule has 2 aliphatic carbocycles. The van der Waals surface area contributed by atoms with E-state index in [0.717, 1.165) is 12.8 Å². The van der Waals surface area contributed by atoms with Gasteiger partial charge in [0, 0.05) is 18.9 Å². The molecule has 3 heteroatoms. The highest BCUT2D eigenvalue weighted by atomic mass is 19.3. The van der Waals surface area contributed by atoms with Crippen molar-refractivity contribution in [1.29, 1.82) is 0 Å². The number of hydrogen-bond donors (Lipinski definition) is 1. The predicted molar refractivity (Wildman–Crippen MR) is 52.2 cm³/mol. The molecule has 2 atom stereocenters. The Kier molecular flexibility index (Phi) is 2.78. The fourth-order valence-electron chi connectivity index (χ4n) is 3.04. The lowest BCUT2D eigenvalue weighted by molar-refractivity contribution is 0.00300. The molecule has 0 aliphatic heterocycles. The predicted octanol–water partition coefficient (Wildman–Crippen LogP) is 2.94. The van der Waals surface area contributed by atoms with Gasteiger partial charge >= 0.3 is 0 Å². The van der Waals surface area contributed by atoms with E-state index in [1.54, 1.807) is 0 Å². The van der Waals surface area contributed by atoms with E-state index in [1.807, 2.05) is 0 Å². The van der Waals surface area contributed by atoms with E-state index in [9.17, 15) is 8.78 Å². The van der Waals surface area contributed by atoms with Crippen molar-refractivity contribution in [3.63, 3.8) is 0 Å². The van der Waals surface area contributed by atoms with E-state index in [-0.39, 0.29) is 24.8 Å². The van der Waals surface area contributed by atoms with Gasteiger partial charge in [0.1, 0.15) is 0 Å². The van der Waals surface area contributed by atoms with Crippen molar-refractivity contribution >= 4 is 0 Å². The van der Waals surface area contributed by atoms with Crippen LogP contribution in [0.1, 0.15) is 44.9 Å². The molecule has 2 aliphatic rings. The average molecular weight is 203 g/mol. The van der Waals surface area contributed by atoms with Crippen molar-refractivity contribution in [2.24, 2.45) is 17.6 Å². The zero-order chi connectivity index (χ0) is 10.2. The Morgan fingerprint density at radius 2 is 1.71 bits per heavy atom. The molecule has 2 N–H and O–H groups in total. The molecule has 2 saturated carbocycles. The maximum atomic E-state index is 13.0. The van der Waals surface area contributed by atoms with Crippen LogP contribution in [0.4, 0.5) is 8.78 Å². The molecular weight excluding hydrogens is 184 g/mol. The van der Waals surface area contributed by atoms with Gasteiger partial charge in [0.05, 0.1) is 0 Å². The van der Waals surface area contributed by atoms with Gasteiger partial charge in [-0.05, 0) is 31.1 Å². The molecule has 0 amide bonds. The molecule has 1 nitrogen and oxygen atoms in total. The van der Waals surface area contributed by atoms with Gasteiger partial charge < -0.3 is 5.73 Å². The molecule has 2 fully saturated rings. The second kappa shape index (κ2) is 3.76. The maximum Gasteiger partial charge on any atom is 0.248 e. The molecule has 14 heavy (non-hydrogen) atoms. The van der Waals surface area contributed by atoms with Gasteiger partial charge in [-0.1, -0.05) is 12.8 Å². The Morgan fingerprint density at radius 3 is 2.21 bits per heavy atom. The summed E-state index contributed by atoms with van der Waals surface area (Å²) in [7, 11) is 0. The fourth-order valence-corrected chi connectivity index (χ4v) is 3.04. The summed E-state index contributed by atoms with van der Waals surface area (Å²) >= 11 is 0. The number of alkyl halides is 2. The fraction of sp³-hybridized carbons (Fsp3) is 1.00. The second-order valence-corrected chi connectivity index (χ2v) is 4.98. The van der Waals surface area contributed by atoms with E-state index >= 15 is 0 Å². The highest BCUT2D eigenvalue weighted by Crippen LogP contribution is 2.43. The van der Waals surface area contributed by atoms with Gasteiger partial charge in [0.2, 0.25) is 5.92 Å². The first kappa shape index (κ1) is 10.3. The van der Waals surface area contributed by atoms with Gasteiger partial charge in [0.15, 0.2) is 0 Å². The van der Waals surface area contributed by atoms with Gasteiger partial charge in [-0.2, -0.15) is 0 Å². The Bertz CT molecular complexity index is 199. The van der Waals surface area contributed by atoms with Crippen LogP contribution in [0.2, 0.25) is 0 Å². The number of halogens is 2. The minimum atomic E-state index is -2.43. The molecule has 0 heterocycles. The summed E-state index contributed by atoms with van der Waals surface area (Å²) in [5.41, 5.74) is 6.07. The van der Waals surface area contributed by atoms with E-state index in [4.69, 9.17) is 5.73 Å². The Morgan fingerprint density at radius 1 is 1.07 bits per heavy atom. The van der Waals surface area contributed by atoms with Crippen molar-refractivity contribution in [2.45, 2.75) is 56.9 Å². The SMILES string of the molecule is NC(C1CCCC1)C1CCC(F)(F)C1. The molecule has 2 rings (SSSR count). The third kappa shape index (κ3) is 2.08. The zero-order valence-corrected chi connectivity index (χ0v) is 8.52. The zero-order valence-electron chi connectivity index (χ0n) is 8.52. The monoisotopic (exact) mass is 203 g/mol. The van der Waals surface area contributed by atoms with Crippen molar-refractivity contribution in [3.8, 4) is 0 Å². The maximum absolute atomic E-state index is 13.0. The van der Waals surface area contributed by atoms with Crippen LogP contribution in [0.5, 0.6) is 0 Å². The van der Waals surface area contributed by atoms with Crippen LogP contribution in [0.15, 0.2) is 0 Å². The van der Waals surface area contributed by atoms with Crippen molar-refractivity contribution in [2.75, 3.05) is 0 Å². The summed E-state index contributed by atoms with van der Waals surface area (Å²) < 4.78 is 26.0. The topological polar surface area (TPSA) is 26.0 Å². The lowest BCUT2D eigenvalue weighted by Gasteiger charge is -2.25. The Balaban J connectivity index is 1.89. The third-order valence-electron chi connectivity index (χ3n) is 3.93. The second-order valence-electron chi connectivity index (χ2n) is 4.98. The minimum absolute atomic E-state index is 0.0324. The molecule has 0 bridgehead atoms. The molecular formula is C11H19F2N. The summed E-state index contributed by atoms with van der Waals surface area (Å²) in [5.74, 6) is -1.83. The number of nitrogens with two attached hydrogens (primary N) is 1. The minimum Gasteiger partial charge on any atom is -0.327 e. The van der Waals surface area contributed by atoms with Crippen LogP contribution in [-0.2, 0) is 0 Å². The summed E-state index contributed by atoms with van der Waals surface area (Å²) in [6.07, 6.45) is 5.50. The highest BCUT2D eigenvalue weighted by Gasteiger charge is 2.43. The van der Waals surface area contributed by atoms with E-state index in [1.165, 1.54) is 12.8 Å². The summed E-state index contributed by atoms with van der Waals surface area (Å²) in [5, 5.41) is 0. The molecule has 0 aromatic rings. The molecule has 0 aromatic heterocycles. The molecule has 0 radical (unpaired) electrons. The first-order valence-electron chi connectivity index (χ1n) is 5.72. The highest BCUT2D eigenvalue weighted by molar-refractivity contribution is 4.91. The molecule has 0 saturated heterocycles. The number of hydrogen-bond acceptors (Lipinski definition) is 1. The van der Waals surface area contributed by atoms with Crippen LogP contribution in [0, 0.1) is 11.8 Å². The van der Waals surface area contributed by atoms with Crippen LogP contribution < -0.4 is 5.73 Å². The van der Waals surface area contributed by atoms with Crippen LogP contribution in [0.25, 0.3) is 0 Å². The molecule has 0 spiro atoms. The lowest BCUT2D eigenvalue weighted by atomic mass is 9.87. The number of rotatable bonds is 2. The van der Waals surface area contributed by atoms with E-state index in [0.29, 0.717) is 12.3 Å². The van der Waals surface area contributed by atoms with Crippen molar-refractivity contribution in [3.05, 3.63) is 0 Å². The quantitative estimate of drug-likeness (QED) is 0.733. The standard InChI is InChI=1S/C11H19F2N/c12-11(13)6-5-9(7-11)10(14)8-3-1-2-4-8/h8-10H,1-7,14H2. The average Bonchev–Trinajstić information content (AvgIpc) is 2.72. The first-order valence-corrected chi connectivity index (χ1v) is 5.72.